The Morgan fingerprint density at radius 1 is 1.27 bits per heavy atom. The molecule has 1 fully saturated rings. The molecule has 4 rings (SSSR count). The highest BCUT2D eigenvalue weighted by molar-refractivity contribution is 7.12. The Labute approximate surface area is 155 Å². The fourth-order valence-electron chi connectivity index (χ4n) is 3.33. The van der Waals surface area contributed by atoms with E-state index in [0.29, 0.717) is 19.6 Å². The molecule has 134 valence electrons. The normalized spacial score (nSPS) is 17.4. The highest BCUT2D eigenvalue weighted by atomic mass is 32.1. The Morgan fingerprint density at radius 3 is 3.00 bits per heavy atom. The average Bonchev–Trinajstić information content (AvgIpc) is 3.35. The molecular formula is C19H20N4O2S. The maximum atomic E-state index is 12.6. The minimum Gasteiger partial charge on any atom is -0.350 e. The fourth-order valence-corrected chi connectivity index (χ4v) is 4.02. The zero-order valence-corrected chi connectivity index (χ0v) is 15.1. The van der Waals surface area contributed by atoms with E-state index >= 15 is 0 Å². The summed E-state index contributed by atoms with van der Waals surface area (Å²) in [4.78, 5) is 32.1. The summed E-state index contributed by atoms with van der Waals surface area (Å²) >= 11 is 1.44. The number of piperidine rings is 1. The molecule has 1 saturated heterocycles. The zero-order chi connectivity index (χ0) is 17.9. The molecule has 3 aromatic heterocycles. The average molecular weight is 368 g/mol. The Bertz CT molecular complexity index is 886. The van der Waals surface area contributed by atoms with Gasteiger partial charge < -0.3 is 14.6 Å². The molecule has 1 unspecified atom stereocenters. The van der Waals surface area contributed by atoms with Gasteiger partial charge in [-0.15, -0.1) is 11.3 Å². The van der Waals surface area contributed by atoms with Crippen LogP contribution in [0.1, 0.15) is 28.2 Å². The van der Waals surface area contributed by atoms with Gasteiger partial charge in [-0.25, -0.2) is 4.98 Å². The number of thiophene rings is 1. The van der Waals surface area contributed by atoms with E-state index in [9.17, 15) is 9.59 Å². The van der Waals surface area contributed by atoms with Crippen molar-refractivity contribution >= 4 is 28.8 Å². The van der Waals surface area contributed by atoms with E-state index in [2.05, 4.69) is 10.3 Å². The van der Waals surface area contributed by atoms with Gasteiger partial charge in [0.05, 0.1) is 23.0 Å². The first-order valence-corrected chi connectivity index (χ1v) is 9.62. The van der Waals surface area contributed by atoms with Gasteiger partial charge >= 0.3 is 0 Å². The third-order valence-electron chi connectivity index (χ3n) is 4.67. The Hall–Kier alpha value is -2.67. The molecule has 0 radical (unpaired) electrons. The Balaban J connectivity index is 1.36. The van der Waals surface area contributed by atoms with Gasteiger partial charge in [0.1, 0.15) is 5.65 Å². The molecule has 2 amide bonds. The quantitative estimate of drug-likeness (QED) is 0.770. The van der Waals surface area contributed by atoms with Crippen molar-refractivity contribution in [2.75, 3.05) is 13.1 Å². The minimum atomic E-state index is -0.162. The number of nitrogens with one attached hydrogen (secondary N) is 1. The van der Waals surface area contributed by atoms with E-state index in [0.717, 1.165) is 29.1 Å². The number of pyridine rings is 1. The summed E-state index contributed by atoms with van der Waals surface area (Å²) in [6, 6.07) is 9.52. The van der Waals surface area contributed by atoms with Crippen LogP contribution in [0.5, 0.6) is 0 Å². The molecule has 26 heavy (non-hydrogen) atoms. The number of aromatic nitrogens is 2. The molecular weight excluding hydrogens is 348 g/mol. The number of amides is 2. The molecule has 1 aliphatic rings. The van der Waals surface area contributed by atoms with Crippen LogP contribution in [0.4, 0.5) is 0 Å². The van der Waals surface area contributed by atoms with Crippen LogP contribution in [-0.4, -0.2) is 39.2 Å². The summed E-state index contributed by atoms with van der Waals surface area (Å²) in [6.45, 7) is 1.59. The van der Waals surface area contributed by atoms with Crippen LogP contribution in [0.25, 0.3) is 5.65 Å². The lowest BCUT2D eigenvalue weighted by atomic mass is 9.97. The van der Waals surface area contributed by atoms with Crippen molar-refractivity contribution in [3.63, 3.8) is 0 Å². The summed E-state index contributed by atoms with van der Waals surface area (Å²) in [5.41, 5.74) is 1.69. The van der Waals surface area contributed by atoms with Gasteiger partial charge in [0.2, 0.25) is 5.91 Å². The molecule has 1 aliphatic heterocycles. The third-order valence-corrected chi connectivity index (χ3v) is 5.53. The maximum Gasteiger partial charge on any atom is 0.263 e. The van der Waals surface area contributed by atoms with Gasteiger partial charge in [-0.2, -0.15) is 0 Å². The van der Waals surface area contributed by atoms with Crippen molar-refractivity contribution in [2.24, 2.45) is 5.92 Å². The molecule has 6 nitrogen and oxygen atoms in total. The summed E-state index contributed by atoms with van der Waals surface area (Å²) in [7, 11) is 0. The number of hydrogen-bond donors (Lipinski definition) is 1. The van der Waals surface area contributed by atoms with Gasteiger partial charge in [0.25, 0.3) is 5.91 Å². The summed E-state index contributed by atoms with van der Waals surface area (Å²) < 4.78 is 1.93. The van der Waals surface area contributed by atoms with E-state index in [4.69, 9.17) is 0 Å². The number of hydrogen-bond acceptors (Lipinski definition) is 4. The van der Waals surface area contributed by atoms with E-state index in [1.165, 1.54) is 11.3 Å². The fraction of sp³-hybridized carbons (Fsp3) is 0.316. The molecule has 0 aromatic carbocycles. The molecule has 1 atom stereocenters. The largest absolute Gasteiger partial charge is 0.350 e. The van der Waals surface area contributed by atoms with Crippen LogP contribution in [0, 0.1) is 5.92 Å². The van der Waals surface area contributed by atoms with E-state index in [1.54, 1.807) is 4.90 Å². The number of likely N-dealkylation sites (tertiary alicyclic amines) is 1. The predicted molar refractivity (Wildman–Crippen MR) is 100.0 cm³/mol. The van der Waals surface area contributed by atoms with Crippen molar-refractivity contribution in [3.05, 3.63) is 58.7 Å². The van der Waals surface area contributed by atoms with Crippen LogP contribution in [0.15, 0.2) is 48.1 Å². The van der Waals surface area contributed by atoms with Gasteiger partial charge in [-0.3, -0.25) is 9.59 Å². The predicted octanol–water partition coefficient (Wildman–Crippen LogP) is 2.56. The second-order valence-corrected chi connectivity index (χ2v) is 7.43. The minimum absolute atomic E-state index is 0.00858. The van der Waals surface area contributed by atoms with Crippen molar-refractivity contribution in [1.29, 1.82) is 0 Å². The van der Waals surface area contributed by atoms with Crippen LogP contribution in [-0.2, 0) is 11.3 Å². The topological polar surface area (TPSA) is 66.7 Å². The maximum absolute atomic E-state index is 12.6. The summed E-state index contributed by atoms with van der Waals surface area (Å²) in [6.07, 6.45) is 5.51. The summed E-state index contributed by atoms with van der Waals surface area (Å²) in [5.74, 6) is -0.145. The first-order chi connectivity index (χ1) is 12.7. The molecule has 3 aromatic rings. The van der Waals surface area contributed by atoms with Crippen LogP contribution in [0.3, 0.4) is 0 Å². The van der Waals surface area contributed by atoms with Crippen molar-refractivity contribution < 1.29 is 9.59 Å². The van der Waals surface area contributed by atoms with Gasteiger partial charge in [-0.05, 0) is 36.4 Å². The lowest BCUT2D eigenvalue weighted by Gasteiger charge is -2.31. The smallest absolute Gasteiger partial charge is 0.263 e. The van der Waals surface area contributed by atoms with E-state index < -0.39 is 0 Å². The molecule has 1 N–H and O–H groups in total. The monoisotopic (exact) mass is 368 g/mol. The zero-order valence-electron chi connectivity index (χ0n) is 14.3. The summed E-state index contributed by atoms with van der Waals surface area (Å²) in [5, 5.41) is 4.87. The number of nitrogens with zero attached hydrogens (tertiary/aromatic N) is 3. The third kappa shape index (κ3) is 3.48. The number of imidazole rings is 1. The number of carbonyl (C=O) groups is 2. The van der Waals surface area contributed by atoms with E-state index in [-0.39, 0.29) is 17.7 Å². The molecule has 0 aliphatic carbocycles. The highest BCUT2D eigenvalue weighted by Crippen LogP contribution is 2.20. The Kier molecular flexibility index (Phi) is 4.71. The first kappa shape index (κ1) is 16.8. The SMILES string of the molecule is O=C(NCc1cn2ccccc2n1)C1CCCN(C(=O)c2cccs2)C1. The Morgan fingerprint density at radius 2 is 2.19 bits per heavy atom. The van der Waals surface area contributed by atoms with Crippen molar-refractivity contribution in [3.8, 4) is 0 Å². The van der Waals surface area contributed by atoms with Gasteiger partial charge in [0, 0.05) is 25.5 Å². The molecule has 4 heterocycles. The first-order valence-electron chi connectivity index (χ1n) is 8.74. The van der Waals surface area contributed by atoms with Crippen molar-refractivity contribution in [2.45, 2.75) is 19.4 Å². The molecule has 0 saturated carbocycles. The lowest BCUT2D eigenvalue weighted by molar-refractivity contribution is -0.126. The second-order valence-electron chi connectivity index (χ2n) is 6.48. The van der Waals surface area contributed by atoms with Crippen LogP contribution in [0.2, 0.25) is 0 Å². The standard InChI is InChI=1S/C19H20N4O2S/c24-18(20-11-15-13-22-8-2-1-7-17(22)21-15)14-5-3-9-23(12-14)19(25)16-6-4-10-26-16/h1-2,4,6-8,10,13-14H,3,5,9,11-12H2,(H,20,24). The lowest BCUT2D eigenvalue weighted by Crippen LogP contribution is -2.45. The molecule has 7 heteroatoms. The molecule has 0 bridgehead atoms. The highest BCUT2D eigenvalue weighted by Gasteiger charge is 2.29. The number of fused-ring (bicyclic) bond motifs is 1. The molecule has 0 spiro atoms. The second kappa shape index (κ2) is 7.29. The van der Waals surface area contributed by atoms with Crippen molar-refractivity contribution in [1.82, 2.24) is 19.6 Å². The van der Waals surface area contributed by atoms with Gasteiger partial charge in [-0.1, -0.05) is 12.1 Å². The van der Waals surface area contributed by atoms with Gasteiger partial charge in [0.15, 0.2) is 0 Å². The number of rotatable bonds is 4. The number of carbonyl (C=O) groups excluding carboxylic acids is 2. The van der Waals surface area contributed by atoms with E-state index in [1.807, 2.05) is 52.5 Å². The van der Waals surface area contributed by atoms with Crippen LogP contribution >= 0.6 is 11.3 Å². The van der Waals surface area contributed by atoms with Crippen LogP contribution < -0.4 is 5.32 Å².